The van der Waals surface area contributed by atoms with E-state index >= 15 is 0 Å². The van der Waals surface area contributed by atoms with E-state index in [2.05, 4.69) is 9.97 Å². The van der Waals surface area contributed by atoms with Crippen LogP contribution in [0.2, 0.25) is 0 Å². The molecule has 8 nitrogen and oxygen atoms in total. The second kappa shape index (κ2) is 6.78. The van der Waals surface area contributed by atoms with Crippen LogP contribution in [0.5, 0.6) is 0 Å². The number of fused-ring (bicyclic) bond motifs is 3. The summed E-state index contributed by atoms with van der Waals surface area (Å²) in [6.45, 7) is 0.354. The number of carbonyl (C=O) groups is 1. The van der Waals surface area contributed by atoms with E-state index in [1.54, 1.807) is 0 Å². The highest BCUT2D eigenvalue weighted by Gasteiger charge is 2.23. The molecule has 0 saturated heterocycles. The number of aromatic nitrogens is 2. The van der Waals surface area contributed by atoms with Crippen molar-refractivity contribution in [3.8, 4) is 0 Å². The van der Waals surface area contributed by atoms with E-state index in [-0.39, 0.29) is 21.4 Å². The summed E-state index contributed by atoms with van der Waals surface area (Å²) in [6, 6.07) is 4.28. The van der Waals surface area contributed by atoms with Crippen LogP contribution in [-0.4, -0.2) is 59.4 Å². The summed E-state index contributed by atoms with van der Waals surface area (Å²) in [4.78, 5) is 28.9. The Labute approximate surface area is 153 Å². The lowest BCUT2D eigenvalue weighted by Gasteiger charge is -2.17. The number of hydrogen-bond donors (Lipinski definition) is 3. The average Bonchev–Trinajstić information content (AvgIpc) is 3.05. The fourth-order valence-electron chi connectivity index (χ4n) is 2.76. The number of nitrogens with one attached hydrogen (secondary N) is 2. The average molecular weight is 395 g/mol. The summed E-state index contributed by atoms with van der Waals surface area (Å²) >= 11 is 1.54. The van der Waals surface area contributed by atoms with E-state index in [0.717, 1.165) is 0 Å². The highest BCUT2D eigenvalue weighted by Crippen LogP contribution is 2.27. The Morgan fingerprint density at radius 2 is 2.08 bits per heavy atom. The minimum Gasteiger partial charge on any atom is -0.478 e. The quantitative estimate of drug-likeness (QED) is 0.584. The Morgan fingerprint density at radius 3 is 2.73 bits per heavy atom. The summed E-state index contributed by atoms with van der Waals surface area (Å²) in [5, 5.41) is 9.93. The Morgan fingerprint density at radius 1 is 1.35 bits per heavy atom. The third-order valence-electron chi connectivity index (χ3n) is 4.16. The summed E-state index contributed by atoms with van der Waals surface area (Å²) in [5.41, 5.74) is -0.0791. The molecule has 0 aliphatic heterocycles. The SMILES string of the molecule is CSCCN(C)S(=O)(=O)c1ccc2[nH]c(=O)c3[nH]cc(C(=O)O)c3c2c1. The van der Waals surface area contributed by atoms with E-state index < -0.39 is 21.6 Å². The number of nitrogens with zero attached hydrogens (tertiary/aromatic N) is 1. The van der Waals surface area contributed by atoms with Gasteiger partial charge in [0, 0.05) is 41.8 Å². The molecule has 3 aromatic rings. The number of pyridine rings is 1. The van der Waals surface area contributed by atoms with E-state index in [9.17, 15) is 23.1 Å². The highest BCUT2D eigenvalue weighted by molar-refractivity contribution is 7.98. The molecule has 0 fully saturated rings. The van der Waals surface area contributed by atoms with Crippen molar-refractivity contribution in [2.75, 3.05) is 25.6 Å². The van der Waals surface area contributed by atoms with Crippen molar-refractivity contribution < 1.29 is 18.3 Å². The molecule has 10 heteroatoms. The molecule has 0 spiro atoms. The van der Waals surface area contributed by atoms with Crippen LogP contribution in [0.15, 0.2) is 34.1 Å². The number of aromatic amines is 2. The van der Waals surface area contributed by atoms with E-state index in [1.165, 1.54) is 47.5 Å². The van der Waals surface area contributed by atoms with Crippen LogP contribution in [0.3, 0.4) is 0 Å². The normalized spacial score (nSPS) is 12.3. The summed E-state index contributed by atoms with van der Waals surface area (Å²) in [7, 11) is -2.23. The smallest absolute Gasteiger partial charge is 0.337 e. The third kappa shape index (κ3) is 3.00. The standard InChI is InChI=1S/C16H17N3O5S2/c1-19(5-6-25-2)26(23,24)9-3-4-12-10(7-9)13-11(16(21)22)8-17-14(13)15(20)18-12/h3-4,7-8,17H,5-6H2,1-2H3,(H,18,20)(H,21,22). The van der Waals surface area contributed by atoms with Gasteiger partial charge in [-0.15, -0.1) is 0 Å². The maximum Gasteiger partial charge on any atom is 0.337 e. The van der Waals surface area contributed by atoms with Crippen molar-refractivity contribution in [3.05, 3.63) is 40.3 Å². The van der Waals surface area contributed by atoms with Gasteiger partial charge in [-0.05, 0) is 24.5 Å². The first-order valence-electron chi connectivity index (χ1n) is 7.63. The topological polar surface area (TPSA) is 123 Å². The maximum absolute atomic E-state index is 12.8. The van der Waals surface area contributed by atoms with Gasteiger partial charge in [-0.25, -0.2) is 17.5 Å². The lowest BCUT2D eigenvalue weighted by atomic mass is 10.1. The Balaban J connectivity index is 2.27. The fraction of sp³-hybridized carbons (Fsp3) is 0.250. The predicted octanol–water partition coefficient (Wildman–Crippen LogP) is 1.69. The second-order valence-electron chi connectivity index (χ2n) is 5.74. The van der Waals surface area contributed by atoms with Crippen molar-refractivity contribution in [1.82, 2.24) is 14.3 Å². The molecule has 0 aliphatic rings. The zero-order valence-corrected chi connectivity index (χ0v) is 15.7. The van der Waals surface area contributed by atoms with Crippen LogP contribution in [0, 0.1) is 0 Å². The largest absolute Gasteiger partial charge is 0.478 e. The monoisotopic (exact) mass is 395 g/mol. The molecule has 26 heavy (non-hydrogen) atoms. The number of benzene rings is 1. The number of carboxylic acid groups (broad SMARTS) is 1. The van der Waals surface area contributed by atoms with Gasteiger partial charge >= 0.3 is 5.97 Å². The number of aromatic carboxylic acids is 1. The van der Waals surface area contributed by atoms with Gasteiger partial charge < -0.3 is 15.1 Å². The van der Waals surface area contributed by atoms with Crippen molar-refractivity contribution in [1.29, 1.82) is 0 Å². The lowest BCUT2D eigenvalue weighted by molar-refractivity contribution is 0.0699. The molecule has 1 aromatic carbocycles. The van der Waals surface area contributed by atoms with Gasteiger partial charge in [0.2, 0.25) is 10.0 Å². The van der Waals surface area contributed by atoms with Gasteiger partial charge in [-0.2, -0.15) is 11.8 Å². The molecule has 2 heterocycles. The molecule has 0 saturated carbocycles. The molecule has 0 amide bonds. The number of sulfonamides is 1. The number of thioether (sulfide) groups is 1. The van der Waals surface area contributed by atoms with Crippen LogP contribution in [0.25, 0.3) is 21.8 Å². The zero-order valence-electron chi connectivity index (χ0n) is 14.1. The first-order chi connectivity index (χ1) is 12.3. The molecule has 138 valence electrons. The molecular formula is C16H17N3O5S2. The van der Waals surface area contributed by atoms with Crippen LogP contribution in [-0.2, 0) is 10.0 Å². The van der Waals surface area contributed by atoms with Gasteiger partial charge in [0.1, 0.15) is 5.52 Å². The number of rotatable bonds is 6. The molecule has 0 radical (unpaired) electrons. The number of H-pyrrole nitrogens is 2. The van der Waals surface area contributed by atoms with Crippen molar-refractivity contribution in [3.63, 3.8) is 0 Å². The Kier molecular flexibility index (Phi) is 4.82. The Bertz CT molecular complexity index is 1160. The summed E-state index contributed by atoms with van der Waals surface area (Å²) in [5.74, 6) is -0.546. The first-order valence-corrected chi connectivity index (χ1v) is 10.5. The third-order valence-corrected chi connectivity index (χ3v) is 6.61. The van der Waals surface area contributed by atoms with Gasteiger partial charge in [-0.1, -0.05) is 0 Å². The van der Waals surface area contributed by atoms with Gasteiger partial charge in [0.25, 0.3) is 5.56 Å². The van der Waals surface area contributed by atoms with Gasteiger partial charge in [-0.3, -0.25) is 4.79 Å². The zero-order chi connectivity index (χ0) is 19.1. The molecule has 2 aromatic heterocycles. The Hall–Kier alpha value is -2.30. The predicted molar refractivity (Wildman–Crippen MR) is 102 cm³/mol. The summed E-state index contributed by atoms with van der Waals surface area (Å²) in [6.07, 6.45) is 3.12. The number of carboxylic acids is 1. The highest BCUT2D eigenvalue weighted by atomic mass is 32.2. The van der Waals surface area contributed by atoms with Crippen LogP contribution in [0.1, 0.15) is 10.4 Å². The molecule has 0 bridgehead atoms. The lowest BCUT2D eigenvalue weighted by Crippen LogP contribution is -2.29. The van der Waals surface area contributed by atoms with Gasteiger partial charge in [0.05, 0.1) is 10.5 Å². The van der Waals surface area contributed by atoms with E-state index in [0.29, 0.717) is 23.2 Å². The molecule has 3 N–H and O–H groups in total. The van der Waals surface area contributed by atoms with E-state index in [1.807, 2.05) is 6.26 Å². The molecule has 0 atom stereocenters. The molecular weight excluding hydrogens is 378 g/mol. The van der Waals surface area contributed by atoms with E-state index in [4.69, 9.17) is 0 Å². The van der Waals surface area contributed by atoms with Crippen LogP contribution in [0.4, 0.5) is 0 Å². The molecule has 0 aliphatic carbocycles. The van der Waals surface area contributed by atoms with Crippen molar-refractivity contribution >= 4 is 49.6 Å². The van der Waals surface area contributed by atoms with Crippen LogP contribution >= 0.6 is 11.8 Å². The van der Waals surface area contributed by atoms with Gasteiger partial charge in [0.15, 0.2) is 0 Å². The fourth-order valence-corrected chi connectivity index (χ4v) is 4.53. The summed E-state index contributed by atoms with van der Waals surface area (Å²) < 4.78 is 26.8. The molecule has 3 rings (SSSR count). The van der Waals surface area contributed by atoms with Crippen LogP contribution < -0.4 is 5.56 Å². The minimum atomic E-state index is -3.73. The van der Waals surface area contributed by atoms with Crippen molar-refractivity contribution in [2.45, 2.75) is 4.90 Å². The first kappa shape index (κ1) is 18.5. The molecule has 0 unspecified atom stereocenters. The maximum atomic E-state index is 12.8. The van der Waals surface area contributed by atoms with Crippen molar-refractivity contribution in [2.24, 2.45) is 0 Å². The minimum absolute atomic E-state index is 0.0412. The second-order valence-corrected chi connectivity index (χ2v) is 8.77. The number of hydrogen-bond acceptors (Lipinski definition) is 5.